The van der Waals surface area contributed by atoms with E-state index in [9.17, 15) is 4.39 Å². The van der Waals surface area contributed by atoms with Crippen LogP contribution in [0, 0.1) is 5.82 Å². The van der Waals surface area contributed by atoms with Crippen molar-refractivity contribution >= 4 is 30.5 Å². The molecule has 0 saturated heterocycles. The Balaban J connectivity index is 2.11. The molecular weight excluding hydrogens is 401 g/mol. The predicted octanol–water partition coefficient (Wildman–Crippen LogP) is 5.91. The molecular formula is C19H21BrFNO2Si. The number of rotatable bonds is 7. The number of hydrogen-bond acceptors (Lipinski definition) is 3. The van der Waals surface area contributed by atoms with Gasteiger partial charge in [0.25, 0.3) is 0 Å². The van der Waals surface area contributed by atoms with Gasteiger partial charge in [0.15, 0.2) is 5.88 Å². The van der Waals surface area contributed by atoms with Crippen LogP contribution < -0.4 is 4.74 Å². The Hall–Kier alpha value is -1.92. The van der Waals surface area contributed by atoms with Crippen LogP contribution in [0.3, 0.4) is 0 Å². The normalized spacial score (nSPS) is 11.6. The molecule has 0 aliphatic carbocycles. The first kappa shape index (κ1) is 19.4. The standard InChI is InChI=1S/C19H21BrFNO2Si/c1-14(24-25(2,3)4)22-12-16-11-17(20)7-10-19(16)23-13-15-5-8-18(21)9-6-15/h5-12H,1,13H2,2-4H3/b22-12+. The molecule has 0 aliphatic heterocycles. The smallest absolute Gasteiger partial charge is 0.244 e. The fourth-order valence-corrected chi connectivity index (χ4v) is 3.15. The van der Waals surface area contributed by atoms with Crippen LogP contribution in [0.2, 0.25) is 19.6 Å². The summed E-state index contributed by atoms with van der Waals surface area (Å²) in [4.78, 5) is 4.29. The van der Waals surface area contributed by atoms with E-state index in [4.69, 9.17) is 9.16 Å². The number of halogens is 2. The van der Waals surface area contributed by atoms with E-state index in [0.717, 1.165) is 15.6 Å². The summed E-state index contributed by atoms with van der Waals surface area (Å²) in [7, 11) is -1.73. The first-order valence-electron chi connectivity index (χ1n) is 7.82. The molecule has 0 bridgehead atoms. The second kappa shape index (κ2) is 8.45. The second-order valence-electron chi connectivity index (χ2n) is 6.46. The van der Waals surface area contributed by atoms with Crippen LogP contribution in [0.5, 0.6) is 5.75 Å². The van der Waals surface area contributed by atoms with E-state index in [-0.39, 0.29) is 5.82 Å². The van der Waals surface area contributed by atoms with Gasteiger partial charge in [-0.2, -0.15) is 0 Å². The minimum Gasteiger partial charge on any atom is -0.532 e. The summed E-state index contributed by atoms with van der Waals surface area (Å²) in [6.45, 7) is 10.4. The van der Waals surface area contributed by atoms with Crippen LogP contribution in [0.4, 0.5) is 4.39 Å². The van der Waals surface area contributed by atoms with E-state index in [1.165, 1.54) is 12.1 Å². The second-order valence-corrected chi connectivity index (χ2v) is 11.8. The quantitative estimate of drug-likeness (QED) is 0.316. The summed E-state index contributed by atoms with van der Waals surface area (Å²) in [5.41, 5.74) is 1.69. The zero-order chi connectivity index (χ0) is 18.4. The first-order chi connectivity index (χ1) is 11.7. The Morgan fingerprint density at radius 1 is 1.20 bits per heavy atom. The van der Waals surface area contributed by atoms with Gasteiger partial charge in [-0.25, -0.2) is 9.38 Å². The molecule has 2 rings (SSSR count). The fourth-order valence-electron chi connectivity index (χ4n) is 2.01. The van der Waals surface area contributed by atoms with Gasteiger partial charge in [0.1, 0.15) is 18.2 Å². The average Bonchev–Trinajstić information content (AvgIpc) is 2.52. The summed E-state index contributed by atoms with van der Waals surface area (Å²) in [5, 5.41) is 0. The fraction of sp³-hybridized carbons (Fsp3) is 0.211. The van der Waals surface area contributed by atoms with Gasteiger partial charge >= 0.3 is 0 Å². The summed E-state index contributed by atoms with van der Waals surface area (Å²) >= 11 is 3.45. The zero-order valence-corrected chi connectivity index (χ0v) is 17.1. The monoisotopic (exact) mass is 421 g/mol. The van der Waals surface area contributed by atoms with Crippen molar-refractivity contribution in [2.45, 2.75) is 26.2 Å². The Bertz CT molecular complexity index is 770. The Morgan fingerprint density at radius 3 is 2.52 bits per heavy atom. The van der Waals surface area contributed by atoms with Crippen LogP contribution in [0.15, 0.2) is 64.4 Å². The highest BCUT2D eigenvalue weighted by atomic mass is 79.9. The Morgan fingerprint density at radius 2 is 1.88 bits per heavy atom. The Labute approximate surface area is 157 Å². The summed E-state index contributed by atoms with van der Waals surface area (Å²) in [6.07, 6.45) is 1.67. The zero-order valence-electron chi connectivity index (χ0n) is 14.6. The van der Waals surface area contributed by atoms with E-state index in [1.807, 2.05) is 18.2 Å². The number of ether oxygens (including phenoxy) is 1. The maximum atomic E-state index is 13.0. The van der Waals surface area contributed by atoms with Gasteiger partial charge in [-0.1, -0.05) is 28.1 Å². The topological polar surface area (TPSA) is 30.8 Å². The van der Waals surface area contributed by atoms with Crippen molar-refractivity contribution < 1.29 is 13.6 Å². The van der Waals surface area contributed by atoms with Gasteiger partial charge in [-0.15, -0.1) is 0 Å². The van der Waals surface area contributed by atoms with E-state index in [1.54, 1.807) is 18.3 Å². The molecule has 3 nitrogen and oxygen atoms in total. The maximum Gasteiger partial charge on any atom is 0.244 e. The highest BCUT2D eigenvalue weighted by molar-refractivity contribution is 9.10. The van der Waals surface area contributed by atoms with Crippen molar-refractivity contribution in [3.63, 3.8) is 0 Å². The van der Waals surface area contributed by atoms with Crippen molar-refractivity contribution in [1.82, 2.24) is 0 Å². The number of hydrogen-bond donors (Lipinski definition) is 0. The largest absolute Gasteiger partial charge is 0.532 e. The number of aliphatic imine (C=N–C) groups is 1. The molecule has 0 unspecified atom stereocenters. The predicted molar refractivity (Wildman–Crippen MR) is 106 cm³/mol. The van der Waals surface area contributed by atoms with Crippen molar-refractivity contribution in [3.8, 4) is 5.75 Å². The molecule has 0 saturated carbocycles. The van der Waals surface area contributed by atoms with Crippen LogP contribution in [0.1, 0.15) is 11.1 Å². The molecule has 2 aromatic carbocycles. The molecule has 0 heterocycles. The SMILES string of the molecule is C=C(/N=C/c1cc(Br)ccc1OCc1ccc(F)cc1)O[Si](C)(C)C. The van der Waals surface area contributed by atoms with Crippen molar-refractivity contribution in [1.29, 1.82) is 0 Å². The van der Waals surface area contributed by atoms with Crippen molar-refractivity contribution in [2.24, 2.45) is 4.99 Å². The van der Waals surface area contributed by atoms with Crippen molar-refractivity contribution in [2.75, 3.05) is 0 Å². The van der Waals surface area contributed by atoms with Crippen molar-refractivity contribution in [3.05, 3.63) is 76.3 Å². The third-order valence-corrected chi connectivity index (χ3v) is 4.39. The molecule has 0 N–H and O–H groups in total. The lowest BCUT2D eigenvalue weighted by Crippen LogP contribution is -2.24. The summed E-state index contributed by atoms with van der Waals surface area (Å²) < 4.78 is 25.5. The lowest BCUT2D eigenvalue weighted by molar-refractivity contribution is 0.305. The van der Waals surface area contributed by atoms with E-state index in [2.05, 4.69) is 47.1 Å². The summed E-state index contributed by atoms with van der Waals surface area (Å²) in [6, 6.07) is 11.9. The van der Waals surface area contributed by atoms with Gasteiger partial charge in [0, 0.05) is 16.3 Å². The molecule has 0 fully saturated rings. The van der Waals surface area contributed by atoms with Gasteiger partial charge in [-0.05, 0) is 62.1 Å². The highest BCUT2D eigenvalue weighted by Gasteiger charge is 2.16. The molecule has 25 heavy (non-hydrogen) atoms. The molecule has 0 aliphatic rings. The molecule has 0 amide bonds. The summed E-state index contributed by atoms with van der Waals surface area (Å²) in [5.74, 6) is 0.807. The molecule has 0 radical (unpaired) electrons. The average molecular weight is 422 g/mol. The molecule has 2 aromatic rings. The molecule has 0 atom stereocenters. The lowest BCUT2D eigenvalue weighted by atomic mass is 10.2. The van der Waals surface area contributed by atoms with E-state index >= 15 is 0 Å². The number of benzene rings is 2. The minimum atomic E-state index is -1.73. The minimum absolute atomic E-state index is 0.263. The maximum absolute atomic E-state index is 13.0. The third kappa shape index (κ3) is 6.84. The molecule has 0 aromatic heterocycles. The van der Waals surface area contributed by atoms with Gasteiger partial charge in [0.05, 0.1) is 0 Å². The van der Waals surface area contributed by atoms with Gasteiger partial charge in [-0.3, -0.25) is 0 Å². The van der Waals surface area contributed by atoms with Crippen LogP contribution in [-0.4, -0.2) is 14.5 Å². The molecule has 6 heteroatoms. The Kier molecular flexibility index (Phi) is 6.55. The first-order valence-corrected chi connectivity index (χ1v) is 12.0. The van der Waals surface area contributed by atoms with Gasteiger partial charge in [0.2, 0.25) is 8.32 Å². The van der Waals surface area contributed by atoms with Crippen LogP contribution in [0.25, 0.3) is 0 Å². The molecule has 0 spiro atoms. The van der Waals surface area contributed by atoms with Crippen LogP contribution in [-0.2, 0) is 11.0 Å². The molecule has 132 valence electrons. The van der Waals surface area contributed by atoms with Gasteiger partial charge < -0.3 is 9.16 Å². The lowest BCUT2D eigenvalue weighted by Gasteiger charge is -2.18. The van der Waals surface area contributed by atoms with E-state index < -0.39 is 8.32 Å². The third-order valence-electron chi connectivity index (χ3n) is 3.05. The number of nitrogens with zero attached hydrogens (tertiary/aromatic N) is 1. The van der Waals surface area contributed by atoms with E-state index in [0.29, 0.717) is 18.2 Å². The van der Waals surface area contributed by atoms with Crippen LogP contribution >= 0.6 is 15.9 Å². The highest BCUT2D eigenvalue weighted by Crippen LogP contribution is 2.23.